The molecule has 2 unspecified atom stereocenters. The van der Waals surface area contributed by atoms with Gasteiger partial charge in [-0.05, 0) is 53.2 Å². The van der Waals surface area contributed by atoms with Crippen LogP contribution in [-0.2, 0) is 0 Å². The van der Waals surface area contributed by atoms with E-state index in [1.54, 1.807) is 12.1 Å². The van der Waals surface area contributed by atoms with Crippen molar-refractivity contribution in [2.45, 2.75) is 38.1 Å². The molecule has 0 radical (unpaired) electrons. The van der Waals surface area contributed by atoms with Crippen LogP contribution in [0.1, 0.15) is 42.7 Å². The summed E-state index contributed by atoms with van der Waals surface area (Å²) in [6.45, 7) is 0.895. The van der Waals surface area contributed by atoms with E-state index < -0.39 is 0 Å². The maximum atomic E-state index is 12.3. The Hall–Kier alpha value is -0.770. The zero-order valence-electron chi connectivity index (χ0n) is 9.69. The first-order chi connectivity index (χ1) is 8.25. The fourth-order valence-corrected chi connectivity index (χ4v) is 3.54. The van der Waals surface area contributed by atoms with Gasteiger partial charge in [0, 0.05) is 12.6 Å². The second-order valence-electron chi connectivity index (χ2n) is 5.00. The number of carbonyl (C=O) groups excluding carboxylic acids is 1. The number of carbonyl (C=O) groups is 1. The Morgan fingerprint density at radius 2 is 2.12 bits per heavy atom. The van der Waals surface area contributed by atoms with E-state index in [0.717, 1.165) is 25.3 Å². The van der Waals surface area contributed by atoms with Crippen molar-refractivity contribution in [2.24, 2.45) is 5.92 Å². The molecule has 17 heavy (non-hydrogen) atoms. The standard InChI is InChI=1S/C13H16BrNO2/c14-12-6-5-11(17-12)13(16)15-8-7-9-3-1-2-4-10(9)15/h5-6,9-10H,1-4,7-8H2. The SMILES string of the molecule is O=C(c1ccc(Br)o1)N1CCC2CCCCC21. The summed E-state index contributed by atoms with van der Waals surface area (Å²) in [6.07, 6.45) is 6.20. The molecule has 1 aliphatic carbocycles. The molecule has 1 aromatic rings. The number of hydrogen-bond acceptors (Lipinski definition) is 2. The van der Waals surface area contributed by atoms with Gasteiger partial charge in [-0.2, -0.15) is 0 Å². The van der Waals surface area contributed by atoms with E-state index in [-0.39, 0.29) is 5.91 Å². The topological polar surface area (TPSA) is 33.5 Å². The maximum absolute atomic E-state index is 12.3. The first-order valence-corrected chi connectivity index (χ1v) is 7.11. The summed E-state index contributed by atoms with van der Waals surface area (Å²) in [4.78, 5) is 14.3. The third-order valence-electron chi connectivity index (χ3n) is 4.05. The van der Waals surface area contributed by atoms with Gasteiger partial charge in [0.2, 0.25) is 0 Å². The second-order valence-corrected chi connectivity index (χ2v) is 5.78. The van der Waals surface area contributed by atoms with Crippen molar-refractivity contribution >= 4 is 21.8 Å². The second kappa shape index (κ2) is 4.48. The first kappa shape index (κ1) is 11.3. The highest BCUT2D eigenvalue weighted by atomic mass is 79.9. The molecule has 1 amide bonds. The quantitative estimate of drug-likeness (QED) is 0.795. The molecule has 4 heteroatoms. The van der Waals surface area contributed by atoms with Crippen LogP contribution in [-0.4, -0.2) is 23.4 Å². The van der Waals surface area contributed by atoms with E-state index in [0.29, 0.717) is 16.5 Å². The molecule has 2 fully saturated rings. The van der Waals surface area contributed by atoms with Gasteiger partial charge in [-0.1, -0.05) is 12.8 Å². The number of rotatable bonds is 1. The van der Waals surface area contributed by atoms with Crippen LogP contribution in [0.5, 0.6) is 0 Å². The molecule has 1 saturated carbocycles. The molecule has 92 valence electrons. The van der Waals surface area contributed by atoms with Crippen LogP contribution >= 0.6 is 15.9 Å². The Morgan fingerprint density at radius 1 is 1.29 bits per heavy atom. The summed E-state index contributed by atoms with van der Waals surface area (Å²) in [5.41, 5.74) is 0. The fourth-order valence-electron chi connectivity index (χ4n) is 3.23. The van der Waals surface area contributed by atoms with Crippen LogP contribution < -0.4 is 0 Å². The maximum Gasteiger partial charge on any atom is 0.289 e. The van der Waals surface area contributed by atoms with Crippen LogP contribution in [0.4, 0.5) is 0 Å². The predicted molar refractivity (Wildman–Crippen MR) is 67.8 cm³/mol. The van der Waals surface area contributed by atoms with E-state index in [1.165, 1.54) is 19.3 Å². The molecule has 2 atom stereocenters. The number of amides is 1. The summed E-state index contributed by atoms with van der Waals surface area (Å²) in [7, 11) is 0. The third kappa shape index (κ3) is 2.03. The number of nitrogens with zero attached hydrogens (tertiary/aromatic N) is 1. The minimum absolute atomic E-state index is 0.0603. The smallest absolute Gasteiger partial charge is 0.289 e. The summed E-state index contributed by atoms with van der Waals surface area (Å²) in [5.74, 6) is 1.25. The Kier molecular flexibility index (Phi) is 2.99. The van der Waals surface area contributed by atoms with Gasteiger partial charge in [-0.25, -0.2) is 0 Å². The lowest BCUT2D eigenvalue weighted by Gasteiger charge is -2.31. The van der Waals surface area contributed by atoms with Crippen LogP contribution in [0.15, 0.2) is 21.2 Å². The number of hydrogen-bond donors (Lipinski definition) is 0. The van der Waals surface area contributed by atoms with Crippen LogP contribution in [0, 0.1) is 5.92 Å². The van der Waals surface area contributed by atoms with Crippen LogP contribution in [0.25, 0.3) is 0 Å². The number of fused-ring (bicyclic) bond motifs is 1. The lowest BCUT2D eigenvalue weighted by molar-refractivity contribution is 0.0656. The van der Waals surface area contributed by atoms with Gasteiger partial charge in [0.05, 0.1) is 0 Å². The Bertz CT molecular complexity index is 429. The first-order valence-electron chi connectivity index (χ1n) is 6.32. The average molecular weight is 298 g/mol. The Balaban J connectivity index is 1.78. The summed E-state index contributed by atoms with van der Waals surface area (Å²) in [5, 5.41) is 0. The van der Waals surface area contributed by atoms with Gasteiger partial charge in [0.25, 0.3) is 5.91 Å². The summed E-state index contributed by atoms with van der Waals surface area (Å²) in [6, 6.07) is 3.99. The molecular formula is C13H16BrNO2. The lowest BCUT2D eigenvalue weighted by Crippen LogP contribution is -2.39. The number of halogens is 1. The van der Waals surface area contributed by atoms with E-state index in [4.69, 9.17) is 4.42 Å². The molecule has 0 N–H and O–H groups in total. The van der Waals surface area contributed by atoms with Gasteiger partial charge < -0.3 is 9.32 Å². The normalized spacial score (nSPS) is 28.2. The van der Waals surface area contributed by atoms with E-state index in [2.05, 4.69) is 15.9 Å². The Labute approximate surface area is 109 Å². The highest BCUT2D eigenvalue weighted by molar-refractivity contribution is 9.10. The molecule has 2 heterocycles. The van der Waals surface area contributed by atoms with E-state index >= 15 is 0 Å². The van der Waals surface area contributed by atoms with E-state index in [1.807, 2.05) is 4.90 Å². The molecule has 2 aliphatic rings. The van der Waals surface area contributed by atoms with Crippen LogP contribution in [0.3, 0.4) is 0 Å². The lowest BCUT2D eigenvalue weighted by atomic mass is 9.85. The monoisotopic (exact) mass is 297 g/mol. The summed E-state index contributed by atoms with van der Waals surface area (Å²) < 4.78 is 5.99. The number of likely N-dealkylation sites (tertiary alicyclic amines) is 1. The van der Waals surface area contributed by atoms with Crippen molar-refractivity contribution < 1.29 is 9.21 Å². The van der Waals surface area contributed by atoms with Gasteiger partial charge in [-0.3, -0.25) is 4.79 Å². The molecule has 3 rings (SSSR count). The Morgan fingerprint density at radius 3 is 2.88 bits per heavy atom. The highest BCUT2D eigenvalue weighted by Gasteiger charge is 2.39. The molecule has 1 aromatic heterocycles. The van der Waals surface area contributed by atoms with E-state index in [9.17, 15) is 4.79 Å². The fraction of sp³-hybridized carbons (Fsp3) is 0.615. The minimum Gasteiger partial charge on any atom is -0.444 e. The molecule has 0 spiro atoms. The van der Waals surface area contributed by atoms with Gasteiger partial charge >= 0.3 is 0 Å². The molecule has 0 bridgehead atoms. The van der Waals surface area contributed by atoms with Crippen molar-refractivity contribution in [3.05, 3.63) is 22.6 Å². The third-order valence-corrected chi connectivity index (χ3v) is 4.48. The molecule has 1 aliphatic heterocycles. The van der Waals surface area contributed by atoms with Crippen molar-refractivity contribution in [1.29, 1.82) is 0 Å². The van der Waals surface area contributed by atoms with Gasteiger partial charge in [0.1, 0.15) is 0 Å². The van der Waals surface area contributed by atoms with Crippen molar-refractivity contribution in [1.82, 2.24) is 4.90 Å². The molecule has 0 aromatic carbocycles. The van der Waals surface area contributed by atoms with Crippen molar-refractivity contribution in [2.75, 3.05) is 6.54 Å². The molecule has 3 nitrogen and oxygen atoms in total. The summed E-state index contributed by atoms with van der Waals surface area (Å²) >= 11 is 3.24. The van der Waals surface area contributed by atoms with Gasteiger partial charge in [0.15, 0.2) is 10.4 Å². The van der Waals surface area contributed by atoms with Gasteiger partial charge in [-0.15, -0.1) is 0 Å². The average Bonchev–Trinajstić information content (AvgIpc) is 2.94. The van der Waals surface area contributed by atoms with Crippen LogP contribution in [0.2, 0.25) is 0 Å². The zero-order valence-corrected chi connectivity index (χ0v) is 11.3. The minimum atomic E-state index is 0.0603. The molecular weight excluding hydrogens is 282 g/mol. The largest absolute Gasteiger partial charge is 0.444 e. The predicted octanol–water partition coefficient (Wildman–Crippen LogP) is 3.45. The number of furan rings is 1. The van der Waals surface area contributed by atoms with Crippen molar-refractivity contribution in [3.8, 4) is 0 Å². The molecule has 1 saturated heterocycles. The highest BCUT2D eigenvalue weighted by Crippen LogP contribution is 2.37. The zero-order chi connectivity index (χ0) is 11.8. The van der Waals surface area contributed by atoms with Crippen molar-refractivity contribution in [3.63, 3.8) is 0 Å².